The smallest absolute Gasteiger partial charge is 0.137 e. The van der Waals surface area contributed by atoms with Crippen LogP contribution in [-0.4, -0.2) is 59.6 Å². The molecule has 0 aliphatic carbocycles. The number of imidazole rings is 1. The fourth-order valence-electron chi connectivity index (χ4n) is 3.87. The zero-order valence-corrected chi connectivity index (χ0v) is 14.6. The molecule has 2 aromatic rings. The molecular weight excluding hydrogens is 300 g/mol. The van der Waals surface area contributed by atoms with Crippen molar-refractivity contribution in [3.8, 4) is 17.1 Å². The SMILES string of the molecule is COc1ccc(-c2nc3c([nH]2)CN(C2CCN(C)CC2)CC3)cc1. The monoisotopic (exact) mass is 326 g/mol. The Labute approximate surface area is 143 Å². The average molecular weight is 326 g/mol. The van der Waals surface area contributed by atoms with Crippen LogP contribution in [0.15, 0.2) is 24.3 Å². The van der Waals surface area contributed by atoms with E-state index in [0.717, 1.165) is 42.7 Å². The highest BCUT2D eigenvalue weighted by atomic mass is 16.5. The quantitative estimate of drug-likeness (QED) is 0.941. The van der Waals surface area contributed by atoms with Crippen molar-refractivity contribution >= 4 is 0 Å². The van der Waals surface area contributed by atoms with E-state index >= 15 is 0 Å². The number of H-pyrrole nitrogens is 1. The molecule has 0 radical (unpaired) electrons. The third-order valence-corrected chi connectivity index (χ3v) is 5.43. The lowest BCUT2D eigenvalue weighted by atomic mass is 10.0. The fraction of sp³-hybridized carbons (Fsp3) is 0.526. The van der Waals surface area contributed by atoms with Crippen LogP contribution in [0.3, 0.4) is 0 Å². The topological polar surface area (TPSA) is 44.4 Å². The maximum atomic E-state index is 5.23. The van der Waals surface area contributed by atoms with Gasteiger partial charge in [-0.25, -0.2) is 4.98 Å². The molecule has 0 amide bonds. The number of benzene rings is 1. The molecule has 3 heterocycles. The highest BCUT2D eigenvalue weighted by Gasteiger charge is 2.28. The fourth-order valence-corrected chi connectivity index (χ4v) is 3.87. The molecule has 1 fully saturated rings. The molecule has 0 bridgehead atoms. The van der Waals surface area contributed by atoms with Gasteiger partial charge in [0.2, 0.25) is 0 Å². The van der Waals surface area contributed by atoms with Crippen LogP contribution in [0, 0.1) is 0 Å². The Kier molecular flexibility index (Phi) is 4.29. The van der Waals surface area contributed by atoms with Gasteiger partial charge in [-0.3, -0.25) is 4.90 Å². The van der Waals surface area contributed by atoms with Gasteiger partial charge in [-0.05, 0) is 57.2 Å². The van der Waals surface area contributed by atoms with Crippen molar-refractivity contribution in [2.45, 2.75) is 31.8 Å². The number of hydrogen-bond donors (Lipinski definition) is 1. The molecule has 0 spiro atoms. The number of nitrogens with zero attached hydrogens (tertiary/aromatic N) is 3. The van der Waals surface area contributed by atoms with Crippen molar-refractivity contribution in [2.75, 3.05) is 33.8 Å². The molecule has 5 heteroatoms. The summed E-state index contributed by atoms with van der Waals surface area (Å²) in [6.45, 7) is 4.57. The largest absolute Gasteiger partial charge is 0.497 e. The molecule has 1 aromatic heterocycles. The van der Waals surface area contributed by atoms with E-state index in [0.29, 0.717) is 0 Å². The Bertz CT molecular complexity index is 686. The molecule has 24 heavy (non-hydrogen) atoms. The number of fused-ring (bicyclic) bond motifs is 1. The summed E-state index contributed by atoms with van der Waals surface area (Å²) in [5, 5.41) is 0. The highest BCUT2D eigenvalue weighted by molar-refractivity contribution is 5.57. The van der Waals surface area contributed by atoms with Crippen molar-refractivity contribution in [1.29, 1.82) is 0 Å². The van der Waals surface area contributed by atoms with E-state index in [1.54, 1.807) is 7.11 Å². The van der Waals surface area contributed by atoms with Gasteiger partial charge in [0.05, 0.1) is 18.5 Å². The zero-order chi connectivity index (χ0) is 16.5. The number of ether oxygens (including phenoxy) is 1. The second kappa shape index (κ2) is 6.57. The molecule has 4 rings (SSSR count). The molecule has 2 aliphatic heterocycles. The van der Waals surface area contributed by atoms with Crippen molar-refractivity contribution < 1.29 is 4.74 Å². The Hall–Kier alpha value is -1.85. The number of rotatable bonds is 3. The first-order chi connectivity index (χ1) is 11.7. The average Bonchev–Trinajstić information content (AvgIpc) is 3.05. The molecule has 1 saturated heterocycles. The van der Waals surface area contributed by atoms with E-state index in [2.05, 4.69) is 34.0 Å². The van der Waals surface area contributed by atoms with Crippen LogP contribution in [0.5, 0.6) is 5.75 Å². The van der Waals surface area contributed by atoms with Gasteiger partial charge in [0.1, 0.15) is 11.6 Å². The standard InChI is InChI=1S/C19H26N4O/c1-22-10-7-15(8-11-22)23-12-9-17-18(13-23)21-19(20-17)14-3-5-16(24-2)6-4-14/h3-6,15H,7-13H2,1-2H3,(H,20,21). The summed E-state index contributed by atoms with van der Waals surface area (Å²) in [5.74, 6) is 1.86. The summed E-state index contributed by atoms with van der Waals surface area (Å²) < 4.78 is 5.23. The summed E-state index contributed by atoms with van der Waals surface area (Å²) >= 11 is 0. The molecule has 1 N–H and O–H groups in total. The molecular formula is C19H26N4O. The molecule has 0 saturated carbocycles. The minimum Gasteiger partial charge on any atom is -0.497 e. The maximum Gasteiger partial charge on any atom is 0.137 e. The maximum absolute atomic E-state index is 5.23. The van der Waals surface area contributed by atoms with E-state index in [9.17, 15) is 0 Å². The van der Waals surface area contributed by atoms with Crippen molar-refractivity contribution in [2.24, 2.45) is 0 Å². The molecule has 1 aromatic carbocycles. The number of likely N-dealkylation sites (tertiary alicyclic amines) is 1. The number of piperidine rings is 1. The Morgan fingerprint density at radius 1 is 1.12 bits per heavy atom. The minimum atomic E-state index is 0.724. The van der Waals surface area contributed by atoms with Crippen LogP contribution < -0.4 is 4.74 Å². The lowest BCUT2D eigenvalue weighted by Gasteiger charge is -2.38. The number of aromatic amines is 1. The van der Waals surface area contributed by atoms with Crippen LogP contribution in [-0.2, 0) is 13.0 Å². The van der Waals surface area contributed by atoms with Gasteiger partial charge in [0, 0.05) is 31.1 Å². The minimum absolute atomic E-state index is 0.724. The summed E-state index contributed by atoms with van der Waals surface area (Å²) in [6, 6.07) is 8.83. The molecule has 128 valence electrons. The van der Waals surface area contributed by atoms with Crippen LogP contribution in [0.25, 0.3) is 11.4 Å². The predicted octanol–water partition coefficient (Wildman–Crippen LogP) is 2.54. The van der Waals surface area contributed by atoms with Gasteiger partial charge in [-0.1, -0.05) is 0 Å². The first kappa shape index (κ1) is 15.7. The van der Waals surface area contributed by atoms with E-state index < -0.39 is 0 Å². The first-order valence-corrected chi connectivity index (χ1v) is 8.87. The van der Waals surface area contributed by atoms with Crippen molar-refractivity contribution in [3.63, 3.8) is 0 Å². The van der Waals surface area contributed by atoms with E-state index in [-0.39, 0.29) is 0 Å². The van der Waals surface area contributed by atoms with Crippen molar-refractivity contribution in [1.82, 2.24) is 19.8 Å². The second-order valence-corrected chi connectivity index (χ2v) is 6.99. The van der Waals surface area contributed by atoms with Crippen LogP contribution in [0.1, 0.15) is 24.2 Å². The van der Waals surface area contributed by atoms with E-state index in [1.165, 1.54) is 37.3 Å². The lowest BCUT2D eigenvalue weighted by Crippen LogP contribution is -2.45. The summed E-state index contributed by atoms with van der Waals surface area (Å²) in [7, 11) is 3.92. The third kappa shape index (κ3) is 3.06. The van der Waals surface area contributed by atoms with Gasteiger partial charge < -0.3 is 14.6 Å². The lowest BCUT2D eigenvalue weighted by molar-refractivity contribution is 0.108. The third-order valence-electron chi connectivity index (χ3n) is 5.43. The normalized spacial score (nSPS) is 20.1. The highest BCUT2D eigenvalue weighted by Crippen LogP contribution is 2.27. The number of methoxy groups -OCH3 is 1. The van der Waals surface area contributed by atoms with Gasteiger partial charge in [0.25, 0.3) is 0 Å². The van der Waals surface area contributed by atoms with Gasteiger partial charge in [-0.2, -0.15) is 0 Å². The summed E-state index contributed by atoms with van der Waals surface area (Å²) in [4.78, 5) is 13.5. The molecule has 0 unspecified atom stereocenters. The number of hydrogen-bond acceptors (Lipinski definition) is 4. The van der Waals surface area contributed by atoms with Crippen LogP contribution in [0.4, 0.5) is 0 Å². The number of nitrogens with one attached hydrogen (secondary N) is 1. The Morgan fingerprint density at radius 2 is 1.88 bits per heavy atom. The van der Waals surface area contributed by atoms with Gasteiger partial charge in [0.15, 0.2) is 0 Å². The van der Waals surface area contributed by atoms with Crippen LogP contribution >= 0.6 is 0 Å². The molecule has 0 atom stereocenters. The predicted molar refractivity (Wildman–Crippen MR) is 95.2 cm³/mol. The zero-order valence-electron chi connectivity index (χ0n) is 14.6. The Morgan fingerprint density at radius 3 is 2.58 bits per heavy atom. The molecule has 2 aliphatic rings. The van der Waals surface area contributed by atoms with Crippen molar-refractivity contribution in [3.05, 3.63) is 35.7 Å². The van der Waals surface area contributed by atoms with E-state index in [4.69, 9.17) is 9.72 Å². The number of aromatic nitrogens is 2. The second-order valence-electron chi connectivity index (χ2n) is 6.99. The van der Waals surface area contributed by atoms with E-state index in [1.807, 2.05) is 12.1 Å². The Balaban J connectivity index is 1.49. The van der Waals surface area contributed by atoms with Gasteiger partial charge >= 0.3 is 0 Å². The van der Waals surface area contributed by atoms with Gasteiger partial charge in [-0.15, -0.1) is 0 Å². The summed E-state index contributed by atoms with van der Waals surface area (Å²) in [6.07, 6.45) is 3.62. The summed E-state index contributed by atoms with van der Waals surface area (Å²) in [5.41, 5.74) is 3.66. The van der Waals surface area contributed by atoms with Crippen LogP contribution in [0.2, 0.25) is 0 Å². The molecule has 5 nitrogen and oxygen atoms in total. The first-order valence-electron chi connectivity index (χ1n) is 8.87.